The lowest BCUT2D eigenvalue weighted by Gasteiger charge is -2.36. The first-order valence-corrected chi connectivity index (χ1v) is 9.78. The molecule has 0 bridgehead atoms. The van der Waals surface area contributed by atoms with E-state index in [4.69, 9.17) is 0 Å². The Morgan fingerprint density at radius 2 is 2.00 bits per heavy atom. The smallest absolute Gasteiger partial charge is 0.107 e. The van der Waals surface area contributed by atoms with E-state index in [1.807, 2.05) is 12.3 Å². The van der Waals surface area contributed by atoms with Gasteiger partial charge in [-0.3, -0.25) is 4.90 Å². The molecule has 5 heteroatoms. The van der Waals surface area contributed by atoms with Crippen molar-refractivity contribution in [2.24, 2.45) is 5.92 Å². The highest BCUT2D eigenvalue weighted by Gasteiger charge is 2.20. The van der Waals surface area contributed by atoms with Gasteiger partial charge in [0, 0.05) is 37.3 Å². The quantitative estimate of drug-likeness (QED) is 0.818. The highest BCUT2D eigenvalue weighted by atomic mass is 32.1. The Kier molecular flexibility index (Phi) is 5.72. The van der Waals surface area contributed by atoms with Gasteiger partial charge in [-0.2, -0.15) is 5.26 Å². The van der Waals surface area contributed by atoms with E-state index in [-0.39, 0.29) is 0 Å². The molecule has 0 amide bonds. The summed E-state index contributed by atoms with van der Waals surface area (Å²) in [5, 5.41) is 10.7. The van der Waals surface area contributed by atoms with E-state index in [1.54, 1.807) is 11.3 Å². The molecule has 1 aromatic carbocycles. The van der Waals surface area contributed by atoms with Crippen molar-refractivity contribution in [2.45, 2.75) is 33.7 Å². The van der Waals surface area contributed by atoms with Gasteiger partial charge in [0.05, 0.1) is 17.8 Å². The van der Waals surface area contributed by atoms with Crippen LogP contribution in [0.15, 0.2) is 24.4 Å². The van der Waals surface area contributed by atoms with E-state index in [9.17, 15) is 5.26 Å². The Labute approximate surface area is 154 Å². The Morgan fingerprint density at radius 1 is 1.24 bits per heavy atom. The zero-order valence-electron chi connectivity index (χ0n) is 15.3. The summed E-state index contributed by atoms with van der Waals surface area (Å²) in [4.78, 5) is 10.6. The number of benzene rings is 1. The van der Waals surface area contributed by atoms with Crippen molar-refractivity contribution in [3.05, 3.63) is 45.4 Å². The molecule has 0 saturated carbocycles. The third-order valence-corrected chi connectivity index (χ3v) is 5.47. The number of anilines is 1. The fourth-order valence-electron chi connectivity index (χ4n) is 3.34. The number of nitrogens with zero attached hydrogens (tertiary/aromatic N) is 4. The van der Waals surface area contributed by atoms with Gasteiger partial charge in [0.2, 0.25) is 0 Å². The molecule has 132 valence electrons. The number of hydrogen-bond donors (Lipinski definition) is 0. The number of aryl methyl sites for hydroxylation is 1. The Balaban J connectivity index is 1.66. The van der Waals surface area contributed by atoms with Gasteiger partial charge in [-0.25, -0.2) is 4.98 Å². The van der Waals surface area contributed by atoms with Gasteiger partial charge in [0.25, 0.3) is 0 Å². The van der Waals surface area contributed by atoms with Crippen molar-refractivity contribution in [1.29, 1.82) is 5.26 Å². The summed E-state index contributed by atoms with van der Waals surface area (Å²) >= 11 is 1.78. The second-order valence-corrected chi connectivity index (χ2v) is 8.51. The van der Waals surface area contributed by atoms with Gasteiger partial charge in [-0.05, 0) is 37.0 Å². The summed E-state index contributed by atoms with van der Waals surface area (Å²) in [5.41, 5.74) is 3.21. The number of piperazine rings is 1. The highest BCUT2D eigenvalue weighted by Crippen LogP contribution is 2.25. The first-order valence-electron chi connectivity index (χ1n) is 8.97. The SMILES string of the molecule is Cc1cnc(CN2CCN(c3cc(CC(C)C)ccc3C#N)CC2)s1. The summed E-state index contributed by atoms with van der Waals surface area (Å²) in [7, 11) is 0. The molecule has 2 aromatic rings. The monoisotopic (exact) mass is 354 g/mol. The van der Waals surface area contributed by atoms with Crippen molar-refractivity contribution >= 4 is 17.0 Å². The normalized spacial score (nSPS) is 15.6. The van der Waals surface area contributed by atoms with Gasteiger partial charge < -0.3 is 4.90 Å². The predicted octanol–water partition coefficient (Wildman–Crippen LogP) is 3.84. The second kappa shape index (κ2) is 7.99. The van der Waals surface area contributed by atoms with Crippen LogP contribution in [0.25, 0.3) is 0 Å². The number of thiazole rings is 1. The fourth-order valence-corrected chi connectivity index (χ4v) is 4.17. The van der Waals surface area contributed by atoms with Crippen molar-refractivity contribution in [3.8, 4) is 6.07 Å². The Bertz CT molecular complexity index is 751. The number of aromatic nitrogens is 1. The van der Waals surface area contributed by atoms with Crippen LogP contribution in [-0.2, 0) is 13.0 Å². The zero-order valence-corrected chi connectivity index (χ0v) is 16.1. The van der Waals surface area contributed by atoms with Crippen molar-refractivity contribution in [2.75, 3.05) is 31.1 Å². The molecule has 1 aromatic heterocycles. The summed E-state index contributed by atoms with van der Waals surface area (Å²) < 4.78 is 0. The molecule has 1 aliphatic rings. The maximum atomic E-state index is 9.48. The lowest BCUT2D eigenvalue weighted by Crippen LogP contribution is -2.46. The van der Waals surface area contributed by atoms with E-state index < -0.39 is 0 Å². The van der Waals surface area contributed by atoms with Gasteiger partial charge in [-0.15, -0.1) is 11.3 Å². The van der Waals surface area contributed by atoms with Gasteiger partial charge in [0.15, 0.2) is 0 Å². The Hall–Kier alpha value is -1.90. The van der Waals surface area contributed by atoms with Gasteiger partial charge in [-0.1, -0.05) is 19.9 Å². The Morgan fingerprint density at radius 3 is 2.60 bits per heavy atom. The lowest BCUT2D eigenvalue weighted by atomic mass is 10.00. The molecule has 25 heavy (non-hydrogen) atoms. The van der Waals surface area contributed by atoms with Crippen LogP contribution in [0, 0.1) is 24.2 Å². The fraction of sp³-hybridized carbons (Fsp3) is 0.500. The minimum atomic E-state index is 0.624. The predicted molar refractivity (Wildman–Crippen MR) is 104 cm³/mol. The zero-order chi connectivity index (χ0) is 17.8. The largest absolute Gasteiger partial charge is 0.368 e. The summed E-state index contributed by atoms with van der Waals surface area (Å²) in [6.07, 6.45) is 3.01. The van der Waals surface area contributed by atoms with E-state index >= 15 is 0 Å². The topological polar surface area (TPSA) is 43.2 Å². The van der Waals surface area contributed by atoms with Crippen LogP contribution in [0.2, 0.25) is 0 Å². The third-order valence-electron chi connectivity index (χ3n) is 4.57. The molecule has 0 spiro atoms. The van der Waals surface area contributed by atoms with Gasteiger partial charge in [0.1, 0.15) is 11.1 Å². The van der Waals surface area contributed by atoms with E-state index in [0.717, 1.165) is 50.4 Å². The highest BCUT2D eigenvalue weighted by molar-refractivity contribution is 7.11. The minimum absolute atomic E-state index is 0.624. The molecule has 0 unspecified atom stereocenters. The van der Waals surface area contributed by atoms with Crippen LogP contribution in [0.3, 0.4) is 0 Å². The first-order chi connectivity index (χ1) is 12.0. The molecule has 4 nitrogen and oxygen atoms in total. The molecule has 2 heterocycles. The van der Waals surface area contributed by atoms with Crippen LogP contribution >= 0.6 is 11.3 Å². The number of rotatable bonds is 5. The molecular weight excluding hydrogens is 328 g/mol. The molecule has 1 fully saturated rings. The number of hydrogen-bond acceptors (Lipinski definition) is 5. The third kappa shape index (κ3) is 4.59. The van der Waals surface area contributed by atoms with Crippen molar-refractivity contribution in [3.63, 3.8) is 0 Å². The van der Waals surface area contributed by atoms with Crippen LogP contribution < -0.4 is 4.90 Å². The maximum Gasteiger partial charge on any atom is 0.107 e. The van der Waals surface area contributed by atoms with Crippen molar-refractivity contribution in [1.82, 2.24) is 9.88 Å². The standard InChI is InChI=1S/C20H26N4S/c1-15(2)10-17-4-5-18(12-21)19(11-17)24-8-6-23(7-9-24)14-20-22-13-16(3)25-20/h4-5,11,13,15H,6-10,14H2,1-3H3. The van der Waals surface area contributed by atoms with Crippen LogP contribution in [0.4, 0.5) is 5.69 Å². The average Bonchev–Trinajstić information content (AvgIpc) is 3.00. The molecular formula is C20H26N4S. The van der Waals surface area contributed by atoms with E-state index in [0.29, 0.717) is 5.92 Å². The lowest BCUT2D eigenvalue weighted by molar-refractivity contribution is 0.249. The second-order valence-electron chi connectivity index (χ2n) is 7.19. The maximum absolute atomic E-state index is 9.48. The molecule has 0 N–H and O–H groups in total. The van der Waals surface area contributed by atoms with E-state index in [1.165, 1.54) is 15.4 Å². The van der Waals surface area contributed by atoms with Gasteiger partial charge >= 0.3 is 0 Å². The molecule has 0 aliphatic carbocycles. The number of nitriles is 1. The summed E-state index contributed by atoms with van der Waals surface area (Å²) in [6, 6.07) is 8.67. The molecule has 0 atom stereocenters. The molecule has 0 radical (unpaired) electrons. The van der Waals surface area contributed by atoms with Crippen LogP contribution in [0.1, 0.15) is 34.9 Å². The molecule has 3 rings (SSSR count). The average molecular weight is 355 g/mol. The first kappa shape index (κ1) is 17.9. The molecule has 1 aliphatic heterocycles. The summed E-state index contributed by atoms with van der Waals surface area (Å²) in [6.45, 7) is 11.5. The van der Waals surface area contributed by atoms with Crippen LogP contribution in [0.5, 0.6) is 0 Å². The van der Waals surface area contributed by atoms with Crippen molar-refractivity contribution < 1.29 is 0 Å². The summed E-state index contributed by atoms with van der Waals surface area (Å²) in [5.74, 6) is 0.624. The van der Waals surface area contributed by atoms with Crippen LogP contribution in [-0.4, -0.2) is 36.1 Å². The molecule has 1 saturated heterocycles. The minimum Gasteiger partial charge on any atom is -0.368 e. The van der Waals surface area contributed by atoms with E-state index in [2.05, 4.69) is 53.8 Å².